The molecular formula is C27H31ClFNO5. The summed E-state index contributed by atoms with van der Waals surface area (Å²) in [7, 11) is 0. The van der Waals surface area contributed by atoms with Crippen molar-refractivity contribution in [1.29, 1.82) is 0 Å². The number of carbonyl (C=O) groups excluding carboxylic acids is 1. The van der Waals surface area contributed by atoms with Gasteiger partial charge in [-0.3, -0.25) is 4.79 Å². The maximum absolute atomic E-state index is 14.4. The van der Waals surface area contributed by atoms with Crippen LogP contribution in [0.4, 0.5) is 4.39 Å². The molecule has 1 saturated heterocycles. The Bertz CT molecular complexity index is 1080. The van der Waals surface area contributed by atoms with Gasteiger partial charge in [-0.1, -0.05) is 41.9 Å². The molecule has 0 unspecified atom stereocenters. The van der Waals surface area contributed by atoms with Gasteiger partial charge in [0.15, 0.2) is 11.4 Å². The average Bonchev–Trinajstić information content (AvgIpc) is 3.56. The van der Waals surface area contributed by atoms with E-state index in [4.69, 9.17) is 30.5 Å². The molecule has 0 spiro atoms. The third-order valence-corrected chi connectivity index (χ3v) is 7.03. The van der Waals surface area contributed by atoms with E-state index < -0.39 is 23.6 Å². The zero-order valence-electron chi connectivity index (χ0n) is 20.0. The summed E-state index contributed by atoms with van der Waals surface area (Å²) >= 11 is 6.14. The second-order valence-electron chi connectivity index (χ2n) is 10.1. The molecule has 0 radical (unpaired) electrons. The van der Waals surface area contributed by atoms with Gasteiger partial charge in [0.25, 0.3) is 5.91 Å². The highest BCUT2D eigenvalue weighted by Crippen LogP contribution is 2.44. The molecule has 0 aromatic heterocycles. The summed E-state index contributed by atoms with van der Waals surface area (Å²) in [5.41, 5.74) is 0.0705. The fourth-order valence-electron chi connectivity index (χ4n) is 4.91. The summed E-state index contributed by atoms with van der Waals surface area (Å²) in [5, 5.41) is 3.72. The van der Waals surface area contributed by atoms with E-state index in [1.54, 1.807) is 18.2 Å². The average molecular weight is 504 g/mol. The molecule has 0 bridgehead atoms. The number of amides is 1. The third kappa shape index (κ3) is 5.70. The highest BCUT2D eigenvalue weighted by atomic mass is 35.5. The largest absolute Gasteiger partial charge is 0.371 e. The Kier molecular flexibility index (Phi) is 6.90. The van der Waals surface area contributed by atoms with Gasteiger partial charge >= 0.3 is 0 Å². The molecule has 1 N–H and O–H groups in total. The molecular weight excluding hydrogens is 473 g/mol. The van der Waals surface area contributed by atoms with E-state index in [2.05, 4.69) is 5.32 Å². The van der Waals surface area contributed by atoms with Gasteiger partial charge in [0, 0.05) is 29.5 Å². The van der Waals surface area contributed by atoms with Gasteiger partial charge in [0.2, 0.25) is 0 Å². The van der Waals surface area contributed by atoms with Crippen LogP contribution in [-0.4, -0.2) is 41.6 Å². The van der Waals surface area contributed by atoms with Crippen molar-refractivity contribution in [2.24, 2.45) is 0 Å². The number of benzene rings is 2. The number of hydrogen-bond donors (Lipinski definition) is 1. The number of hydrogen-bond acceptors (Lipinski definition) is 5. The van der Waals surface area contributed by atoms with E-state index in [1.165, 1.54) is 6.07 Å². The van der Waals surface area contributed by atoms with Crippen molar-refractivity contribution in [2.75, 3.05) is 0 Å². The molecule has 2 aliphatic carbocycles. The standard InChI is InChI=1S/C27H31ClFNO5/c1-26(2)34-23-14-27(25(31)30-20-10-11-20,33-16-18-7-3-4-9-21(18)29)13-22(24(23)35-26)32-15-17-6-5-8-19(28)12-17/h3-9,12,20,22-24H,10-11,13-16H2,1-2H3,(H,30,31)/t22-,23-,24+,27-/m1/s1. The van der Waals surface area contributed by atoms with Gasteiger partial charge in [-0.05, 0) is 50.5 Å². The van der Waals surface area contributed by atoms with E-state index in [-0.39, 0.29) is 36.9 Å². The van der Waals surface area contributed by atoms with Crippen LogP contribution in [0.1, 0.15) is 50.7 Å². The maximum Gasteiger partial charge on any atom is 0.252 e. The van der Waals surface area contributed by atoms with Crippen molar-refractivity contribution in [3.63, 3.8) is 0 Å². The van der Waals surface area contributed by atoms with E-state index in [0.717, 1.165) is 18.4 Å². The van der Waals surface area contributed by atoms with Gasteiger partial charge in [-0.25, -0.2) is 4.39 Å². The molecule has 6 nitrogen and oxygen atoms in total. The molecule has 3 aliphatic rings. The lowest BCUT2D eigenvalue weighted by molar-refractivity contribution is -0.183. The number of fused-ring (bicyclic) bond motifs is 1. The normalized spacial score (nSPS) is 29.5. The SMILES string of the molecule is CC1(C)O[C@H]2[C@H](OCc3cccc(Cl)c3)C[C@](OCc3ccccc3F)(C(=O)NC3CC3)C[C@H]2O1. The first-order chi connectivity index (χ1) is 16.7. The Morgan fingerprint density at radius 2 is 1.91 bits per heavy atom. The molecule has 1 aliphatic heterocycles. The fourth-order valence-corrected chi connectivity index (χ4v) is 5.13. The van der Waals surface area contributed by atoms with E-state index in [0.29, 0.717) is 23.6 Å². The van der Waals surface area contributed by atoms with Gasteiger partial charge < -0.3 is 24.3 Å². The highest BCUT2D eigenvalue weighted by molar-refractivity contribution is 6.30. The zero-order valence-corrected chi connectivity index (χ0v) is 20.7. The minimum atomic E-state index is -1.24. The van der Waals surface area contributed by atoms with Crippen molar-refractivity contribution in [3.05, 3.63) is 70.5 Å². The van der Waals surface area contributed by atoms with Crippen LogP contribution in [0.25, 0.3) is 0 Å². The molecule has 1 amide bonds. The fraction of sp³-hybridized carbons (Fsp3) is 0.519. The first kappa shape index (κ1) is 24.7. The molecule has 4 atom stereocenters. The molecule has 3 fully saturated rings. The molecule has 1 heterocycles. The Hall–Kier alpha value is -2.03. The van der Waals surface area contributed by atoms with Crippen LogP contribution in [0.2, 0.25) is 5.02 Å². The van der Waals surface area contributed by atoms with Crippen molar-refractivity contribution in [3.8, 4) is 0 Å². The molecule has 8 heteroatoms. The second kappa shape index (κ2) is 9.79. The van der Waals surface area contributed by atoms with E-state index in [1.807, 2.05) is 38.1 Å². The maximum atomic E-state index is 14.4. The summed E-state index contributed by atoms with van der Waals surface area (Å²) in [6.07, 6.45) is 1.22. The summed E-state index contributed by atoms with van der Waals surface area (Å²) in [5.74, 6) is -1.39. The van der Waals surface area contributed by atoms with Crippen molar-refractivity contribution >= 4 is 17.5 Å². The zero-order chi connectivity index (χ0) is 24.6. The summed E-state index contributed by atoms with van der Waals surface area (Å²) in [4.78, 5) is 13.6. The predicted molar refractivity (Wildman–Crippen MR) is 128 cm³/mol. The Labute approximate surface area is 210 Å². The van der Waals surface area contributed by atoms with Crippen LogP contribution < -0.4 is 5.32 Å². The van der Waals surface area contributed by atoms with Gasteiger partial charge in [0.1, 0.15) is 11.9 Å². The summed E-state index contributed by atoms with van der Waals surface area (Å²) in [6.45, 7) is 3.97. The third-order valence-electron chi connectivity index (χ3n) is 6.79. The topological polar surface area (TPSA) is 66.0 Å². The number of nitrogens with one attached hydrogen (secondary N) is 1. The molecule has 35 heavy (non-hydrogen) atoms. The van der Waals surface area contributed by atoms with Crippen LogP contribution in [-0.2, 0) is 37.0 Å². The number of carbonyl (C=O) groups is 1. The van der Waals surface area contributed by atoms with Crippen LogP contribution in [0.5, 0.6) is 0 Å². The minimum Gasteiger partial charge on any atom is -0.371 e. The van der Waals surface area contributed by atoms with Crippen molar-refractivity contribution < 1.29 is 28.1 Å². The van der Waals surface area contributed by atoms with Crippen molar-refractivity contribution in [2.45, 2.75) is 88.5 Å². The second-order valence-corrected chi connectivity index (χ2v) is 10.6. The van der Waals surface area contributed by atoms with E-state index in [9.17, 15) is 9.18 Å². The van der Waals surface area contributed by atoms with Crippen LogP contribution >= 0.6 is 11.6 Å². The molecule has 2 saturated carbocycles. The van der Waals surface area contributed by atoms with Crippen LogP contribution in [0.15, 0.2) is 48.5 Å². The van der Waals surface area contributed by atoms with Gasteiger partial charge in [-0.2, -0.15) is 0 Å². The van der Waals surface area contributed by atoms with Gasteiger partial charge in [-0.15, -0.1) is 0 Å². The van der Waals surface area contributed by atoms with Crippen LogP contribution in [0.3, 0.4) is 0 Å². The smallest absolute Gasteiger partial charge is 0.252 e. The quantitative estimate of drug-likeness (QED) is 0.554. The number of ether oxygens (including phenoxy) is 4. The Morgan fingerprint density at radius 3 is 2.66 bits per heavy atom. The Morgan fingerprint density at radius 1 is 1.11 bits per heavy atom. The molecule has 188 valence electrons. The number of halogens is 2. The van der Waals surface area contributed by atoms with Gasteiger partial charge in [0.05, 0.1) is 25.4 Å². The summed E-state index contributed by atoms with van der Waals surface area (Å²) < 4.78 is 39.4. The van der Waals surface area contributed by atoms with Crippen LogP contribution in [0, 0.1) is 5.82 Å². The monoisotopic (exact) mass is 503 g/mol. The predicted octanol–water partition coefficient (Wildman–Crippen LogP) is 4.91. The lowest BCUT2D eigenvalue weighted by Crippen LogP contribution is -2.60. The molecule has 2 aromatic rings. The molecule has 5 rings (SSSR count). The first-order valence-electron chi connectivity index (χ1n) is 12.1. The number of rotatable bonds is 8. The summed E-state index contributed by atoms with van der Waals surface area (Å²) in [6, 6.07) is 14.0. The van der Waals surface area contributed by atoms with E-state index >= 15 is 0 Å². The first-order valence-corrected chi connectivity index (χ1v) is 12.5. The lowest BCUT2D eigenvalue weighted by Gasteiger charge is -2.43. The van der Waals surface area contributed by atoms with Crippen molar-refractivity contribution in [1.82, 2.24) is 5.32 Å². The Balaban J connectivity index is 1.41. The highest BCUT2D eigenvalue weighted by Gasteiger charge is 2.58. The minimum absolute atomic E-state index is 0.0343. The lowest BCUT2D eigenvalue weighted by atomic mass is 9.78. The molecule has 2 aromatic carbocycles.